The molecule has 0 saturated carbocycles. The van der Waals surface area contributed by atoms with E-state index >= 15 is 0 Å². The molecule has 1 atom stereocenters. The molecule has 0 saturated heterocycles. The van der Waals surface area contributed by atoms with Crippen molar-refractivity contribution in [2.75, 3.05) is 19.8 Å². The molecule has 2 N–H and O–H groups in total. The number of rotatable bonds is 7. The van der Waals surface area contributed by atoms with E-state index in [9.17, 15) is 9.59 Å². The molecular weight excluding hydrogens is 226 g/mol. The van der Waals surface area contributed by atoms with Gasteiger partial charge in [-0.25, -0.2) is 9.59 Å². The van der Waals surface area contributed by atoms with E-state index in [4.69, 9.17) is 15.2 Å². The maximum Gasteiger partial charge on any atom is 0.508 e. The van der Waals surface area contributed by atoms with Crippen molar-refractivity contribution in [2.24, 2.45) is 11.1 Å². The Morgan fingerprint density at radius 1 is 1.12 bits per heavy atom. The second-order valence-corrected chi connectivity index (χ2v) is 4.14. The smallest absolute Gasteiger partial charge is 0.449 e. The topological polar surface area (TPSA) is 87.9 Å². The normalized spacial score (nSPS) is 13.6. The zero-order chi connectivity index (χ0) is 13.3. The molecule has 0 aromatic heterocycles. The maximum absolute atomic E-state index is 11.1. The van der Waals surface area contributed by atoms with Crippen LogP contribution in [0.5, 0.6) is 0 Å². The molecule has 6 heteroatoms. The van der Waals surface area contributed by atoms with Crippen LogP contribution in [0.15, 0.2) is 0 Å². The van der Waals surface area contributed by atoms with Gasteiger partial charge in [-0.3, -0.25) is 0 Å². The molecule has 0 spiro atoms. The Labute approximate surface area is 101 Å². The van der Waals surface area contributed by atoms with Gasteiger partial charge >= 0.3 is 12.2 Å². The van der Waals surface area contributed by atoms with Crippen molar-refractivity contribution >= 4 is 12.2 Å². The van der Waals surface area contributed by atoms with Gasteiger partial charge in [0.05, 0.1) is 6.61 Å². The SMILES string of the molecule is CCCC(C)(COC(N)=O)COC(=O)OCC. The maximum atomic E-state index is 11.1. The van der Waals surface area contributed by atoms with Gasteiger partial charge in [0.1, 0.15) is 13.2 Å². The first-order valence-corrected chi connectivity index (χ1v) is 5.65. The van der Waals surface area contributed by atoms with Gasteiger partial charge in [-0.05, 0) is 13.3 Å². The van der Waals surface area contributed by atoms with Crippen molar-refractivity contribution in [3.63, 3.8) is 0 Å². The second-order valence-electron chi connectivity index (χ2n) is 4.14. The fourth-order valence-electron chi connectivity index (χ4n) is 1.43. The highest BCUT2D eigenvalue weighted by molar-refractivity contribution is 5.64. The summed E-state index contributed by atoms with van der Waals surface area (Å²) in [7, 11) is 0. The Bertz CT molecular complexity index is 256. The van der Waals surface area contributed by atoms with E-state index in [1.807, 2.05) is 13.8 Å². The molecule has 1 amide bonds. The molecule has 0 aromatic carbocycles. The van der Waals surface area contributed by atoms with Gasteiger partial charge in [-0.2, -0.15) is 0 Å². The lowest BCUT2D eigenvalue weighted by Crippen LogP contribution is -2.32. The number of nitrogens with two attached hydrogens (primary N) is 1. The van der Waals surface area contributed by atoms with Crippen LogP contribution in [0, 0.1) is 5.41 Å². The number of hydrogen-bond donors (Lipinski definition) is 1. The lowest BCUT2D eigenvalue weighted by atomic mass is 9.87. The van der Waals surface area contributed by atoms with Gasteiger partial charge in [0.25, 0.3) is 0 Å². The first kappa shape index (κ1) is 15.5. The third kappa shape index (κ3) is 7.43. The summed E-state index contributed by atoms with van der Waals surface area (Å²) in [5.74, 6) is 0. The monoisotopic (exact) mass is 247 g/mol. The molecule has 100 valence electrons. The molecular formula is C11H21NO5. The minimum absolute atomic E-state index is 0.121. The van der Waals surface area contributed by atoms with Crippen molar-refractivity contribution in [3.05, 3.63) is 0 Å². The molecule has 0 fully saturated rings. The fourth-order valence-corrected chi connectivity index (χ4v) is 1.43. The zero-order valence-corrected chi connectivity index (χ0v) is 10.7. The molecule has 0 aromatic rings. The van der Waals surface area contributed by atoms with Crippen molar-refractivity contribution in [2.45, 2.75) is 33.6 Å². The standard InChI is InChI=1S/C11H21NO5/c1-4-6-11(3,7-16-9(12)13)8-17-10(14)15-5-2/h4-8H2,1-3H3,(H2,12,13). The van der Waals surface area contributed by atoms with Gasteiger partial charge in [0.2, 0.25) is 0 Å². The third-order valence-electron chi connectivity index (χ3n) is 2.22. The average molecular weight is 247 g/mol. The van der Waals surface area contributed by atoms with Crippen LogP contribution in [-0.2, 0) is 14.2 Å². The summed E-state index contributed by atoms with van der Waals surface area (Å²) >= 11 is 0. The lowest BCUT2D eigenvalue weighted by molar-refractivity contribution is 0.00222. The molecule has 0 aliphatic heterocycles. The Hall–Kier alpha value is -1.46. The van der Waals surface area contributed by atoms with E-state index in [-0.39, 0.29) is 19.8 Å². The minimum atomic E-state index is -0.830. The Balaban J connectivity index is 4.19. The van der Waals surface area contributed by atoms with Crippen molar-refractivity contribution in [1.29, 1.82) is 0 Å². The van der Waals surface area contributed by atoms with Crippen LogP contribution >= 0.6 is 0 Å². The predicted molar refractivity (Wildman–Crippen MR) is 61.5 cm³/mol. The highest BCUT2D eigenvalue weighted by atomic mass is 16.7. The molecule has 1 unspecified atom stereocenters. The fraction of sp³-hybridized carbons (Fsp3) is 0.818. The molecule has 6 nitrogen and oxygen atoms in total. The summed E-state index contributed by atoms with van der Waals surface area (Å²) in [5, 5.41) is 0. The first-order valence-electron chi connectivity index (χ1n) is 5.65. The molecule has 17 heavy (non-hydrogen) atoms. The van der Waals surface area contributed by atoms with Crippen molar-refractivity contribution in [3.8, 4) is 0 Å². The van der Waals surface area contributed by atoms with Crippen LogP contribution in [0.3, 0.4) is 0 Å². The molecule has 0 rings (SSSR count). The van der Waals surface area contributed by atoms with Gasteiger partial charge < -0.3 is 19.9 Å². The van der Waals surface area contributed by atoms with Crippen LogP contribution in [0.2, 0.25) is 0 Å². The largest absolute Gasteiger partial charge is 0.508 e. The summed E-state index contributed by atoms with van der Waals surface area (Å²) in [6.07, 6.45) is 0.0854. The molecule has 0 radical (unpaired) electrons. The predicted octanol–water partition coefficient (Wildman–Crippen LogP) is 2.06. The summed E-state index contributed by atoms with van der Waals surface area (Å²) < 4.78 is 14.3. The minimum Gasteiger partial charge on any atom is -0.449 e. The van der Waals surface area contributed by atoms with E-state index < -0.39 is 17.7 Å². The van der Waals surface area contributed by atoms with Gasteiger partial charge in [-0.15, -0.1) is 0 Å². The van der Waals surface area contributed by atoms with E-state index in [2.05, 4.69) is 4.74 Å². The van der Waals surface area contributed by atoms with Gasteiger partial charge in [0, 0.05) is 5.41 Å². The van der Waals surface area contributed by atoms with Crippen LogP contribution in [0.1, 0.15) is 33.6 Å². The van der Waals surface area contributed by atoms with Crippen molar-refractivity contribution < 1.29 is 23.8 Å². The Kier molecular flexibility index (Phi) is 7.09. The first-order chi connectivity index (χ1) is 7.93. The van der Waals surface area contributed by atoms with E-state index in [1.165, 1.54) is 0 Å². The highest BCUT2D eigenvalue weighted by Gasteiger charge is 2.27. The van der Waals surface area contributed by atoms with Gasteiger partial charge in [-0.1, -0.05) is 20.3 Å². The molecule has 0 aliphatic carbocycles. The number of carbonyl (C=O) groups excluding carboxylic acids is 2. The third-order valence-corrected chi connectivity index (χ3v) is 2.22. The van der Waals surface area contributed by atoms with Gasteiger partial charge in [0.15, 0.2) is 0 Å². The number of primary amides is 1. The quantitative estimate of drug-likeness (QED) is 0.696. The van der Waals surface area contributed by atoms with Crippen molar-refractivity contribution in [1.82, 2.24) is 0 Å². The van der Waals surface area contributed by atoms with Crippen LogP contribution < -0.4 is 5.73 Å². The Morgan fingerprint density at radius 2 is 1.71 bits per heavy atom. The molecule has 0 bridgehead atoms. The molecule has 0 aliphatic rings. The van der Waals surface area contributed by atoms with E-state index in [0.717, 1.165) is 12.8 Å². The summed E-state index contributed by atoms with van der Waals surface area (Å²) in [6.45, 7) is 6.07. The number of ether oxygens (including phenoxy) is 3. The lowest BCUT2D eigenvalue weighted by Gasteiger charge is -2.27. The zero-order valence-electron chi connectivity index (χ0n) is 10.7. The van der Waals surface area contributed by atoms with E-state index in [1.54, 1.807) is 6.92 Å². The number of hydrogen-bond acceptors (Lipinski definition) is 5. The van der Waals surface area contributed by atoms with Crippen LogP contribution in [0.25, 0.3) is 0 Å². The van der Waals surface area contributed by atoms with Crippen LogP contribution in [-0.4, -0.2) is 32.1 Å². The number of amides is 1. The second kappa shape index (κ2) is 7.76. The Morgan fingerprint density at radius 3 is 2.18 bits per heavy atom. The summed E-state index contributed by atoms with van der Waals surface area (Å²) in [5.41, 5.74) is 4.47. The average Bonchev–Trinajstić information content (AvgIpc) is 2.25. The molecule has 0 heterocycles. The summed E-state index contributed by atoms with van der Waals surface area (Å²) in [6, 6.07) is 0. The number of carbonyl (C=O) groups is 2. The summed E-state index contributed by atoms with van der Waals surface area (Å²) in [4.78, 5) is 21.6. The van der Waals surface area contributed by atoms with E-state index in [0.29, 0.717) is 0 Å². The highest BCUT2D eigenvalue weighted by Crippen LogP contribution is 2.24. The van der Waals surface area contributed by atoms with Crippen LogP contribution in [0.4, 0.5) is 9.59 Å².